The first kappa shape index (κ1) is 30.3. The maximum atomic E-state index is 5.18. The molecule has 0 N–H and O–H groups in total. The van der Waals surface area contributed by atoms with Crippen molar-refractivity contribution in [2.45, 2.75) is 40.3 Å². The molecule has 0 rings (SSSR count). The smallest absolute Gasteiger partial charge is 0.508 e. The summed E-state index contributed by atoms with van der Waals surface area (Å²) in [7, 11) is 0. The molecular weight excluding hydrogens is 451 g/mol. The van der Waals surface area contributed by atoms with Crippen LogP contribution in [0, 0.1) is 0 Å². The molecule has 0 amide bonds. The van der Waals surface area contributed by atoms with Crippen LogP contribution in [0.2, 0.25) is 0 Å². The minimum atomic E-state index is -0.360. The van der Waals surface area contributed by atoms with Gasteiger partial charge < -0.3 is 78.1 Å². The molecule has 11 heteroatoms. The van der Waals surface area contributed by atoms with Crippen LogP contribution in [0.1, 0.15) is 27.7 Å². The van der Waals surface area contributed by atoms with Gasteiger partial charge in [-0.1, -0.05) is 0 Å². The number of thiocarbonyl (C=S) groups is 2. The van der Waals surface area contributed by atoms with Crippen molar-refractivity contribution in [3.05, 3.63) is 0 Å². The molecule has 0 saturated heterocycles. The molecule has 0 fully saturated rings. The third-order valence-corrected chi connectivity index (χ3v) is 2.56. The van der Waals surface area contributed by atoms with Crippen molar-refractivity contribution >= 4 is 58.5 Å². The molecule has 0 bridgehead atoms. The van der Waals surface area contributed by atoms with Crippen LogP contribution in [0.3, 0.4) is 0 Å². The van der Waals surface area contributed by atoms with E-state index in [2.05, 4.69) is 49.7 Å². The monoisotopic (exact) mass is 476 g/mol. The first-order valence-electron chi connectivity index (χ1n) is 7.54. The third-order valence-electron chi connectivity index (χ3n) is 2.08. The van der Waals surface area contributed by atoms with Crippen LogP contribution in [-0.4, -0.2) is 61.0 Å². The normalized spacial score (nSPS) is 9.84. The van der Waals surface area contributed by atoms with Crippen LogP contribution in [-0.2, 0) is 70.2 Å². The Morgan fingerprint density at radius 1 is 0.680 bits per heavy atom. The quantitative estimate of drug-likeness (QED) is 0.181. The van der Waals surface area contributed by atoms with Crippen LogP contribution in [0.5, 0.6) is 0 Å². The van der Waals surface area contributed by atoms with Crippen LogP contribution in [0.25, 0.3) is 0 Å². The van der Waals surface area contributed by atoms with Gasteiger partial charge in [0.2, 0.25) is 0 Å². The molecule has 0 aliphatic rings. The molecule has 0 unspecified atom stereocenters. The maximum absolute atomic E-state index is 5.18. The average molecular weight is 477 g/mol. The van der Waals surface area contributed by atoms with Crippen LogP contribution >= 0.6 is 24.4 Å². The predicted molar refractivity (Wildman–Crippen MR) is 106 cm³/mol. The molecule has 0 aliphatic carbocycles. The van der Waals surface area contributed by atoms with E-state index in [1.807, 2.05) is 27.7 Å². The number of hydrogen-bond donors (Lipinski definition) is 0. The number of ether oxygens (including phenoxy) is 6. The molecule has 25 heavy (non-hydrogen) atoms. The van der Waals surface area contributed by atoms with E-state index >= 15 is 0 Å². The summed E-state index contributed by atoms with van der Waals surface area (Å²) in [4.78, 5) is 0. The topological polar surface area (TPSA) is 55.4 Å². The van der Waals surface area contributed by atoms with E-state index in [0.717, 1.165) is 0 Å². The Balaban J connectivity index is -0.000000372. The summed E-state index contributed by atoms with van der Waals surface area (Å²) in [6.45, 7) is 10.4. The molecule has 0 aliphatic heterocycles. The Labute approximate surface area is 182 Å². The van der Waals surface area contributed by atoms with Gasteiger partial charge in [-0.3, -0.25) is 0 Å². The van der Waals surface area contributed by atoms with Gasteiger partial charge in [-0.2, -0.15) is 0 Å². The summed E-state index contributed by atoms with van der Waals surface area (Å²) in [5.41, 5.74) is 0. The Morgan fingerprint density at radius 3 is 1.08 bits per heavy atom. The van der Waals surface area contributed by atoms with Gasteiger partial charge in [0.15, 0.2) is 12.6 Å². The first-order chi connectivity index (χ1) is 11.4. The van der Waals surface area contributed by atoms with Crippen molar-refractivity contribution in [1.82, 2.24) is 0 Å². The van der Waals surface area contributed by atoms with Crippen molar-refractivity contribution in [1.29, 1.82) is 0 Å². The van der Waals surface area contributed by atoms with Crippen LogP contribution < -0.4 is 0 Å². The molecule has 0 spiro atoms. The Hall–Kier alpha value is 0.554. The summed E-state index contributed by atoms with van der Waals surface area (Å²) in [5.74, 6) is 0. The average Bonchev–Trinajstić information content (AvgIpc) is 2.52. The Kier molecular flexibility index (Phi) is 27.4. The molecule has 0 aromatic rings. The van der Waals surface area contributed by atoms with Gasteiger partial charge >= 0.3 is 16.5 Å². The summed E-state index contributed by atoms with van der Waals surface area (Å²) in [5, 5.41) is 0. The van der Waals surface area contributed by atoms with E-state index in [1.165, 1.54) is 0 Å². The van der Waals surface area contributed by atoms with Crippen molar-refractivity contribution in [2.75, 3.05) is 39.6 Å². The van der Waals surface area contributed by atoms with Crippen molar-refractivity contribution in [2.24, 2.45) is 0 Å². The summed E-state index contributed by atoms with van der Waals surface area (Å²) >= 11 is 18.3. The Morgan fingerprint density at radius 2 is 0.920 bits per heavy atom. The molecule has 0 saturated carbocycles. The Bertz CT molecular complexity index is 284. The van der Waals surface area contributed by atoms with Crippen molar-refractivity contribution in [3.8, 4) is 0 Å². The number of rotatable bonds is 12. The van der Waals surface area contributed by atoms with E-state index in [-0.39, 0.29) is 51.1 Å². The molecule has 152 valence electrons. The SMILES string of the molecule is CCOC(COC(=S)[S-])OCC.CCOC(COC(=S)[S-])OCC.[Ni+2]. The van der Waals surface area contributed by atoms with E-state index < -0.39 is 0 Å². The van der Waals surface area contributed by atoms with E-state index in [9.17, 15) is 0 Å². The van der Waals surface area contributed by atoms with Gasteiger partial charge in [-0.05, 0) is 27.7 Å². The third kappa shape index (κ3) is 24.6. The number of hydrogen-bond acceptors (Lipinski definition) is 10. The van der Waals surface area contributed by atoms with Gasteiger partial charge in [-0.15, -0.1) is 0 Å². The largest absolute Gasteiger partial charge is 2.00 e. The van der Waals surface area contributed by atoms with Crippen LogP contribution in [0.15, 0.2) is 0 Å². The molecule has 0 aromatic heterocycles. The molecule has 0 radical (unpaired) electrons. The van der Waals surface area contributed by atoms with Crippen LogP contribution in [0.4, 0.5) is 0 Å². The van der Waals surface area contributed by atoms with Gasteiger partial charge in [0, 0.05) is 35.2 Å². The zero-order chi connectivity index (χ0) is 18.8. The summed E-state index contributed by atoms with van der Waals surface area (Å²) in [6.07, 6.45) is -0.721. The molecular formula is C14H26NiO6S4. The second-order valence-corrected chi connectivity index (χ2v) is 5.80. The van der Waals surface area contributed by atoms with Gasteiger partial charge in [0.1, 0.15) is 13.2 Å². The van der Waals surface area contributed by atoms with Gasteiger partial charge in [-0.25, -0.2) is 0 Å². The van der Waals surface area contributed by atoms with Crippen molar-refractivity contribution in [3.63, 3.8) is 0 Å². The van der Waals surface area contributed by atoms with Gasteiger partial charge in [0.25, 0.3) is 0 Å². The zero-order valence-corrected chi connectivity index (χ0v) is 19.0. The minimum absolute atomic E-state index is 0. The van der Waals surface area contributed by atoms with Gasteiger partial charge in [0.05, 0.1) is 0 Å². The molecule has 6 nitrogen and oxygen atoms in total. The minimum Gasteiger partial charge on any atom is -0.508 e. The molecule has 0 atom stereocenters. The molecule has 0 heterocycles. The first-order valence-corrected chi connectivity index (χ1v) is 9.18. The molecule has 0 aromatic carbocycles. The zero-order valence-electron chi connectivity index (χ0n) is 14.8. The van der Waals surface area contributed by atoms with Crippen molar-refractivity contribution < 1.29 is 44.9 Å². The second kappa shape index (κ2) is 22.6. The predicted octanol–water partition coefficient (Wildman–Crippen LogP) is 2.47. The second-order valence-electron chi connectivity index (χ2n) is 3.80. The fourth-order valence-corrected chi connectivity index (χ4v) is 1.58. The standard InChI is InChI=1S/2C7H14O3S2.Ni/c2*1-3-8-6(9-4-2)5-10-7(11)12;/h2*6H,3-5H2,1-2H3,(H,11,12);/q;;+2/p-2. The fraction of sp³-hybridized carbons (Fsp3) is 0.857. The fourth-order valence-electron chi connectivity index (χ4n) is 1.30. The summed E-state index contributed by atoms with van der Waals surface area (Å²) in [6, 6.07) is 0. The van der Waals surface area contributed by atoms with E-state index in [4.69, 9.17) is 28.4 Å². The summed E-state index contributed by atoms with van der Waals surface area (Å²) < 4.78 is 30.7. The van der Waals surface area contributed by atoms with E-state index in [0.29, 0.717) is 26.4 Å². The maximum Gasteiger partial charge on any atom is 2.00 e. The van der Waals surface area contributed by atoms with E-state index in [1.54, 1.807) is 0 Å².